The summed E-state index contributed by atoms with van der Waals surface area (Å²) >= 11 is 0. The molecule has 0 unspecified atom stereocenters. The van der Waals surface area contributed by atoms with Gasteiger partial charge in [-0.3, -0.25) is 9.89 Å². The maximum atomic E-state index is 11.7. The van der Waals surface area contributed by atoms with E-state index in [4.69, 9.17) is 4.74 Å². The van der Waals surface area contributed by atoms with Crippen molar-refractivity contribution >= 4 is 11.7 Å². The molecule has 1 heterocycles. The molecule has 0 spiro atoms. The van der Waals surface area contributed by atoms with Crippen LogP contribution in [0, 0.1) is 0 Å². The molecule has 0 saturated carbocycles. The maximum absolute atomic E-state index is 11.7. The van der Waals surface area contributed by atoms with E-state index in [1.807, 2.05) is 12.1 Å². The van der Waals surface area contributed by atoms with Crippen LogP contribution in [0.5, 0.6) is 5.75 Å². The zero-order valence-electron chi connectivity index (χ0n) is 13.3. The molecule has 1 amide bonds. The lowest BCUT2D eigenvalue weighted by Gasteiger charge is -2.19. The number of aromatic nitrogens is 2. The van der Waals surface area contributed by atoms with E-state index >= 15 is 0 Å². The Morgan fingerprint density at radius 3 is 2.55 bits per heavy atom. The quantitative estimate of drug-likeness (QED) is 0.802. The number of nitrogens with zero attached hydrogens (tertiary/aromatic N) is 1. The number of benzene rings is 1. The summed E-state index contributed by atoms with van der Waals surface area (Å²) < 4.78 is 5.66. The molecular formula is C17H23N3O2. The maximum Gasteiger partial charge on any atom is 0.225 e. The Balaban J connectivity index is 1.69. The number of carbonyl (C=O) groups is 1. The number of nitrogens with one attached hydrogen (secondary N) is 2. The second-order valence-electron chi connectivity index (χ2n) is 6.24. The summed E-state index contributed by atoms with van der Waals surface area (Å²) in [5.41, 5.74) is 1.42. The first-order chi connectivity index (χ1) is 10.4. The predicted molar refractivity (Wildman–Crippen MR) is 87.1 cm³/mol. The van der Waals surface area contributed by atoms with Crippen molar-refractivity contribution in [3.63, 3.8) is 0 Å². The fraction of sp³-hybridized carbons (Fsp3) is 0.412. The van der Waals surface area contributed by atoms with Crippen molar-refractivity contribution in [2.24, 2.45) is 0 Å². The molecule has 0 aliphatic heterocycles. The van der Waals surface area contributed by atoms with Gasteiger partial charge < -0.3 is 10.1 Å². The highest BCUT2D eigenvalue weighted by molar-refractivity contribution is 5.89. The molecule has 2 rings (SSSR count). The van der Waals surface area contributed by atoms with Gasteiger partial charge >= 0.3 is 0 Å². The number of aromatic amines is 1. The smallest absolute Gasteiger partial charge is 0.225 e. The lowest BCUT2D eigenvalue weighted by Crippen LogP contribution is -2.13. The molecule has 5 heteroatoms. The first kappa shape index (κ1) is 16.1. The molecule has 0 atom stereocenters. The van der Waals surface area contributed by atoms with Gasteiger partial charge in [0.2, 0.25) is 5.91 Å². The van der Waals surface area contributed by atoms with Gasteiger partial charge in [0.25, 0.3) is 0 Å². The lowest BCUT2D eigenvalue weighted by molar-refractivity contribution is -0.116. The second-order valence-corrected chi connectivity index (χ2v) is 6.24. The number of anilines is 1. The van der Waals surface area contributed by atoms with Gasteiger partial charge in [-0.05, 0) is 29.5 Å². The van der Waals surface area contributed by atoms with Crippen LogP contribution >= 0.6 is 0 Å². The van der Waals surface area contributed by atoms with Gasteiger partial charge in [-0.25, -0.2) is 0 Å². The minimum absolute atomic E-state index is 0.0454. The van der Waals surface area contributed by atoms with Crippen LogP contribution in [0.15, 0.2) is 36.5 Å². The summed E-state index contributed by atoms with van der Waals surface area (Å²) in [5, 5.41) is 9.19. The van der Waals surface area contributed by atoms with Gasteiger partial charge in [0, 0.05) is 12.5 Å². The molecule has 2 N–H and O–H groups in total. The minimum atomic E-state index is -0.0454. The zero-order chi connectivity index (χ0) is 16.0. The van der Waals surface area contributed by atoms with E-state index in [1.54, 1.807) is 12.3 Å². The van der Waals surface area contributed by atoms with Crippen LogP contribution in [0.2, 0.25) is 0 Å². The topological polar surface area (TPSA) is 67.0 Å². The van der Waals surface area contributed by atoms with E-state index in [0.717, 1.165) is 5.75 Å². The van der Waals surface area contributed by atoms with Gasteiger partial charge in [0.05, 0.1) is 12.8 Å². The van der Waals surface area contributed by atoms with Crippen LogP contribution in [0.4, 0.5) is 5.82 Å². The largest absolute Gasteiger partial charge is 0.494 e. The van der Waals surface area contributed by atoms with Crippen molar-refractivity contribution in [3.05, 3.63) is 42.1 Å². The number of hydrogen-bond acceptors (Lipinski definition) is 3. The summed E-state index contributed by atoms with van der Waals surface area (Å²) in [4.78, 5) is 11.7. The number of ether oxygens (including phenoxy) is 1. The van der Waals surface area contributed by atoms with E-state index in [-0.39, 0.29) is 11.3 Å². The fourth-order valence-corrected chi connectivity index (χ4v) is 2.01. The van der Waals surface area contributed by atoms with Crippen LogP contribution in [0.1, 0.15) is 39.2 Å². The van der Waals surface area contributed by atoms with Gasteiger partial charge in [-0.15, -0.1) is 0 Å². The summed E-state index contributed by atoms with van der Waals surface area (Å²) in [6.45, 7) is 7.06. The summed E-state index contributed by atoms with van der Waals surface area (Å²) in [6, 6.07) is 9.84. The van der Waals surface area contributed by atoms with Crippen molar-refractivity contribution < 1.29 is 9.53 Å². The third kappa shape index (κ3) is 4.91. The first-order valence-electron chi connectivity index (χ1n) is 7.48. The van der Waals surface area contributed by atoms with Gasteiger partial charge in [0.15, 0.2) is 0 Å². The summed E-state index contributed by atoms with van der Waals surface area (Å²) in [6.07, 6.45) is 2.68. The Bertz CT molecular complexity index is 583. The molecule has 0 aliphatic carbocycles. The van der Waals surface area contributed by atoms with Gasteiger partial charge in [-0.1, -0.05) is 32.9 Å². The highest BCUT2D eigenvalue weighted by Gasteiger charge is 2.12. The zero-order valence-corrected chi connectivity index (χ0v) is 13.3. The SMILES string of the molecule is CC(C)(C)c1ccc(OCCCC(=O)Nc2ccn[nH]2)cc1. The lowest BCUT2D eigenvalue weighted by atomic mass is 9.87. The van der Waals surface area contributed by atoms with Crippen molar-refractivity contribution in [3.8, 4) is 5.75 Å². The van der Waals surface area contributed by atoms with Crippen LogP contribution in [-0.4, -0.2) is 22.7 Å². The normalized spacial score (nSPS) is 11.2. The third-order valence-corrected chi connectivity index (χ3v) is 3.31. The van der Waals surface area contributed by atoms with Crippen LogP contribution in [0.3, 0.4) is 0 Å². The molecule has 0 radical (unpaired) electrons. The molecule has 2 aromatic rings. The summed E-state index contributed by atoms with van der Waals surface area (Å²) in [5.74, 6) is 1.40. The fourth-order valence-electron chi connectivity index (χ4n) is 2.01. The summed E-state index contributed by atoms with van der Waals surface area (Å²) in [7, 11) is 0. The minimum Gasteiger partial charge on any atom is -0.494 e. The van der Waals surface area contributed by atoms with Crippen LogP contribution in [0.25, 0.3) is 0 Å². The highest BCUT2D eigenvalue weighted by Crippen LogP contribution is 2.24. The van der Waals surface area contributed by atoms with E-state index < -0.39 is 0 Å². The molecular weight excluding hydrogens is 278 g/mol. The average molecular weight is 301 g/mol. The molecule has 22 heavy (non-hydrogen) atoms. The number of rotatable bonds is 6. The van der Waals surface area contributed by atoms with Crippen molar-refractivity contribution in [2.45, 2.75) is 39.0 Å². The standard InChI is InChI=1S/C17H23N3O2/c1-17(2,3)13-6-8-14(9-7-13)22-12-4-5-16(21)19-15-10-11-18-20-15/h6-11H,4-5,12H2,1-3H3,(H2,18,19,20,21). The number of carbonyl (C=O) groups excluding carboxylic acids is 1. The highest BCUT2D eigenvalue weighted by atomic mass is 16.5. The Hall–Kier alpha value is -2.30. The second kappa shape index (κ2) is 7.11. The Labute approximate surface area is 131 Å². The number of hydrogen-bond donors (Lipinski definition) is 2. The van der Waals surface area contributed by atoms with Crippen LogP contribution in [-0.2, 0) is 10.2 Å². The molecule has 0 fully saturated rings. The van der Waals surface area contributed by atoms with Gasteiger partial charge in [0.1, 0.15) is 11.6 Å². The van der Waals surface area contributed by atoms with Crippen molar-refractivity contribution in [2.75, 3.05) is 11.9 Å². The molecule has 5 nitrogen and oxygen atoms in total. The van der Waals surface area contributed by atoms with E-state index in [0.29, 0.717) is 25.3 Å². The molecule has 0 aliphatic rings. The predicted octanol–water partition coefficient (Wildman–Crippen LogP) is 3.50. The Morgan fingerprint density at radius 1 is 1.23 bits per heavy atom. The molecule has 118 valence electrons. The Morgan fingerprint density at radius 2 is 1.95 bits per heavy atom. The third-order valence-electron chi connectivity index (χ3n) is 3.31. The molecule has 0 saturated heterocycles. The molecule has 1 aromatic heterocycles. The van der Waals surface area contributed by atoms with Crippen molar-refractivity contribution in [1.82, 2.24) is 10.2 Å². The monoisotopic (exact) mass is 301 g/mol. The van der Waals surface area contributed by atoms with E-state index in [1.165, 1.54) is 5.56 Å². The van der Waals surface area contributed by atoms with Gasteiger partial charge in [-0.2, -0.15) is 5.10 Å². The Kier molecular flexibility index (Phi) is 5.20. The van der Waals surface area contributed by atoms with E-state index in [9.17, 15) is 4.79 Å². The van der Waals surface area contributed by atoms with Crippen molar-refractivity contribution in [1.29, 1.82) is 0 Å². The molecule has 1 aromatic carbocycles. The number of H-pyrrole nitrogens is 1. The van der Waals surface area contributed by atoms with E-state index in [2.05, 4.69) is 48.4 Å². The number of amides is 1. The first-order valence-corrected chi connectivity index (χ1v) is 7.48. The average Bonchev–Trinajstić information content (AvgIpc) is 2.96. The molecule has 0 bridgehead atoms. The van der Waals surface area contributed by atoms with Crippen LogP contribution < -0.4 is 10.1 Å².